The number of fused-ring (bicyclic) bond motifs is 1. The summed E-state index contributed by atoms with van der Waals surface area (Å²) in [5.41, 5.74) is 5.25. The van der Waals surface area contributed by atoms with Gasteiger partial charge in [0.05, 0.1) is 6.21 Å². The van der Waals surface area contributed by atoms with E-state index in [1.165, 1.54) is 7.11 Å². The molecule has 116 valence electrons. The van der Waals surface area contributed by atoms with Crippen LogP contribution in [0.15, 0.2) is 65.9 Å². The Morgan fingerprint density at radius 3 is 2.70 bits per heavy atom. The van der Waals surface area contributed by atoms with E-state index >= 15 is 0 Å². The van der Waals surface area contributed by atoms with Crippen LogP contribution in [0.1, 0.15) is 17.2 Å². The van der Waals surface area contributed by atoms with Crippen molar-refractivity contribution in [1.82, 2.24) is 10.4 Å². The third-order valence-electron chi connectivity index (χ3n) is 3.58. The van der Waals surface area contributed by atoms with Gasteiger partial charge in [-0.1, -0.05) is 48.5 Å². The number of hydrogen-bond donors (Lipinski definition) is 2. The lowest BCUT2D eigenvalue weighted by Gasteiger charge is -2.13. The van der Waals surface area contributed by atoms with Crippen molar-refractivity contribution in [3.05, 3.63) is 71.9 Å². The van der Waals surface area contributed by atoms with E-state index in [0.29, 0.717) is 0 Å². The summed E-state index contributed by atoms with van der Waals surface area (Å²) in [5.74, 6) is -0.310. The largest absolute Gasteiger partial charge is 0.367 e. The van der Waals surface area contributed by atoms with Crippen LogP contribution in [0, 0.1) is 0 Å². The van der Waals surface area contributed by atoms with Gasteiger partial charge in [0.1, 0.15) is 0 Å². The van der Waals surface area contributed by atoms with Crippen molar-refractivity contribution < 1.29 is 9.53 Å². The number of para-hydroxylation sites is 1. The Labute approximate surface area is 134 Å². The summed E-state index contributed by atoms with van der Waals surface area (Å²) in [6, 6.07) is 17.2. The Bertz CT molecular complexity index is 824. The lowest BCUT2D eigenvalue weighted by molar-refractivity contribution is -0.131. The van der Waals surface area contributed by atoms with Crippen molar-refractivity contribution in [2.75, 3.05) is 7.11 Å². The molecule has 0 fully saturated rings. The number of methoxy groups -OCH3 is 1. The zero-order valence-electron chi connectivity index (χ0n) is 12.7. The molecule has 0 spiro atoms. The fourth-order valence-corrected chi connectivity index (χ4v) is 2.45. The number of rotatable bonds is 5. The number of amides is 1. The molecule has 3 aromatic rings. The molecule has 0 aliphatic rings. The molecule has 0 saturated carbocycles. The summed E-state index contributed by atoms with van der Waals surface area (Å²) in [6.07, 6.45) is 2.79. The SMILES string of the molecule is CO[C@H](C(=O)N/N=C\c1c[nH]c2ccccc12)c1ccccc1. The highest BCUT2D eigenvalue weighted by molar-refractivity contribution is 5.99. The number of benzene rings is 2. The van der Waals surface area contributed by atoms with Crippen LogP contribution in [0.3, 0.4) is 0 Å². The number of H-pyrrole nitrogens is 1. The Morgan fingerprint density at radius 1 is 1.17 bits per heavy atom. The van der Waals surface area contributed by atoms with Crippen molar-refractivity contribution in [3.63, 3.8) is 0 Å². The van der Waals surface area contributed by atoms with Gasteiger partial charge in [0.25, 0.3) is 5.91 Å². The highest BCUT2D eigenvalue weighted by Crippen LogP contribution is 2.17. The molecule has 0 aliphatic carbocycles. The molecule has 0 saturated heterocycles. The number of hydrazone groups is 1. The molecule has 1 aromatic heterocycles. The minimum absolute atomic E-state index is 0.310. The Hall–Kier alpha value is -2.92. The Morgan fingerprint density at radius 2 is 1.91 bits per heavy atom. The summed E-state index contributed by atoms with van der Waals surface area (Å²) in [6.45, 7) is 0. The molecule has 2 aromatic carbocycles. The second-order valence-corrected chi connectivity index (χ2v) is 5.05. The zero-order valence-corrected chi connectivity index (χ0v) is 12.7. The van der Waals surface area contributed by atoms with E-state index in [1.807, 2.05) is 60.8 Å². The standard InChI is InChI=1S/C18H17N3O2/c1-23-17(13-7-3-2-4-8-13)18(22)21-20-12-14-11-19-16-10-6-5-9-15(14)16/h2-12,17,19H,1H3,(H,21,22)/b20-12-/t17-/m0/s1. The number of nitrogens with zero attached hydrogens (tertiary/aromatic N) is 1. The van der Waals surface area contributed by atoms with E-state index in [-0.39, 0.29) is 5.91 Å². The van der Waals surface area contributed by atoms with Crippen LogP contribution in [0.4, 0.5) is 0 Å². The number of aromatic amines is 1. The molecule has 23 heavy (non-hydrogen) atoms. The Balaban J connectivity index is 1.70. The lowest BCUT2D eigenvalue weighted by atomic mass is 10.1. The second-order valence-electron chi connectivity index (χ2n) is 5.05. The average molecular weight is 307 g/mol. The van der Waals surface area contributed by atoms with Gasteiger partial charge >= 0.3 is 0 Å². The molecule has 3 rings (SSSR count). The first-order valence-electron chi connectivity index (χ1n) is 7.26. The highest BCUT2D eigenvalue weighted by Gasteiger charge is 2.19. The molecule has 5 nitrogen and oxygen atoms in total. The number of aromatic nitrogens is 1. The molecule has 1 heterocycles. The van der Waals surface area contributed by atoms with Gasteiger partial charge in [-0.05, 0) is 11.6 Å². The van der Waals surface area contributed by atoms with E-state index in [1.54, 1.807) is 6.21 Å². The highest BCUT2D eigenvalue weighted by atomic mass is 16.5. The molecule has 0 aliphatic heterocycles. The normalized spacial score (nSPS) is 12.6. The van der Waals surface area contributed by atoms with Crippen LogP contribution in [0.2, 0.25) is 0 Å². The maximum Gasteiger partial charge on any atom is 0.273 e. The van der Waals surface area contributed by atoms with E-state index < -0.39 is 6.10 Å². The molecule has 2 N–H and O–H groups in total. The van der Waals surface area contributed by atoms with Crippen molar-refractivity contribution in [3.8, 4) is 0 Å². The Kier molecular flexibility index (Phi) is 4.49. The summed E-state index contributed by atoms with van der Waals surface area (Å²) < 4.78 is 5.26. The maximum atomic E-state index is 12.2. The molecule has 0 unspecified atom stereocenters. The summed E-state index contributed by atoms with van der Waals surface area (Å²) in [4.78, 5) is 15.4. The third kappa shape index (κ3) is 3.30. The first-order valence-corrected chi connectivity index (χ1v) is 7.26. The summed E-state index contributed by atoms with van der Waals surface area (Å²) >= 11 is 0. The predicted octanol–water partition coefficient (Wildman–Crippen LogP) is 3.01. The summed E-state index contributed by atoms with van der Waals surface area (Å²) in [7, 11) is 1.50. The molecule has 0 radical (unpaired) electrons. The number of hydrogen-bond acceptors (Lipinski definition) is 3. The van der Waals surface area contributed by atoms with Gasteiger partial charge in [0, 0.05) is 29.8 Å². The summed E-state index contributed by atoms with van der Waals surface area (Å²) in [5, 5.41) is 5.09. The first kappa shape index (κ1) is 15.0. The number of ether oxygens (including phenoxy) is 1. The van der Waals surface area contributed by atoms with Crippen molar-refractivity contribution >= 4 is 23.0 Å². The zero-order chi connectivity index (χ0) is 16.1. The van der Waals surface area contributed by atoms with E-state index in [2.05, 4.69) is 15.5 Å². The molecule has 1 amide bonds. The maximum absolute atomic E-state index is 12.2. The predicted molar refractivity (Wildman–Crippen MR) is 90.2 cm³/mol. The molecular formula is C18H17N3O2. The minimum Gasteiger partial charge on any atom is -0.367 e. The number of carbonyl (C=O) groups excluding carboxylic acids is 1. The van der Waals surface area contributed by atoms with Crippen LogP contribution in [0.25, 0.3) is 10.9 Å². The van der Waals surface area contributed by atoms with Crippen LogP contribution in [-0.2, 0) is 9.53 Å². The minimum atomic E-state index is -0.684. The van der Waals surface area contributed by atoms with E-state index in [4.69, 9.17) is 4.74 Å². The topological polar surface area (TPSA) is 66.5 Å². The van der Waals surface area contributed by atoms with Crippen LogP contribution in [-0.4, -0.2) is 24.2 Å². The van der Waals surface area contributed by atoms with E-state index in [9.17, 15) is 4.79 Å². The van der Waals surface area contributed by atoms with Crippen molar-refractivity contribution in [2.24, 2.45) is 5.10 Å². The smallest absolute Gasteiger partial charge is 0.273 e. The van der Waals surface area contributed by atoms with Gasteiger partial charge < -0.3 is 9.72 Å². The quantitative estimate of drug-likeness (QED) is 0.562. The monoisotopic (exact) mass is 307 g/mol. The molecule has 1 atom stereocenters. The van der Waals surface area contributed by atoms with Gasteiger partial charge in [-0.3, -0.25) is 4.79 Å². The van der Waals surface area contributed by atoms with Gasteiger partial charge in [0.2, 0.25) is 0 Å². The molecule has 5 heteroatoms. The molecular weight excluding hydrogens is 290 g/mol. The first-order chi connectivity index (χ1) is 11.3. The molecule has 0 bridgehead atoms. The van der Waals surface area contributed by atoms with Crippen molar-refractivity contribution in [1.29, 1.82) is 0 Å². The third-order valence-corrected chi connectivity index (χ3v) is 3.58. The van der Waals surface area contributed by atoms with Crippen LogP contribution in [0.5, 0.6) is 0 Å². The van der Waals surface area contributed by atoms with Gasteiger partial charge in [0.15, 0.2) is 6.10 Å². The number of carbonyl (C=O) groups is 1. The van der Waals surface area contributed by atoms with Gasteiger partial charge in [-0.25, -0.2) is 5.43 Å². The fourth-order valence-electron chi connectivity index (χ4n) is 2.45. The lowest BCUT2D eigenvalue weighted by Crippen LogP contribution is -2.26. The van der Waals surface area contributed by atoms with Crippen LogP contribution >= 0.6 is 0 Å². The van der Waals surface area contributed by atoms with Crippen LogP contribution < -0.4 is 5.43 Å². The fraction of sp³-hybridized carbons (Fsp3) is 0.111. The average Bonchev–Trinajstić information content (AvgIpc) is 3.00. The van der Waals surface area contributed by atoms with Gasteiger partial charge in [-0.2, -0.15) is 5.10 Å². The van der Waals surface area contributed by atoms with Gasteiger partial charge in [-0.15, -0.1) is 0 Å². The van der Waals surface area contributed by atoms with E-state index in [0.717, 1.165) is 22.0 Å². The van der Waals surface area contributed by atoms with Crippen molar-refractivity contribution in [2.45, 2.75) is 6.10 Å². The second kappa shape index (κ2) is 6.89. The number of nitrogens with one attached hydrogen (secondary N) is 2.